The lowest BCUT2D eigenvalue weighted by Crippen LogP contribution is -2.20. The number of hydrogen-bond donors (Lipinski definition) is 2. The van der Waals surface area contributed by atoms with Crippen molar-refractivity contribution in [3.05, 3.63) is 72.0 Å². The Labute approximate surface area is 180 Å². The van der Waals surface area contributed by atoms with Gasteiger partial charge in [-0.1, -0.05) is 48.0 Å². The van der Waals surface area contributed by atoms with Crippen molar-refractivity contribution in [1.82, 2.24) is 9.97 Å². The molecule has 7 heteroatoms. The summed E-state index contributed by atoms with van der Waals surface area (Å²) in [6.07, 6.45) is 1.50. The van der Waals surface area contributed by atoms with Crippen molar-refractivity contribution in [3.8, 4) is 5.75 Å². The number of anilines is 5. The molecule has 0 unspecified atom stereocenters. The Morgan fingerprint density at radius 2 is 1.87 bits per heavy atom. The van der Waals surface area contributed by atoms with Gasteiger partial charge in [-0.05, 0) is 36.6 Å². The highest BCUT2D eigenvalue weighted by Crippen LogP contribution is 2.38. The molecule has 0 saturated carbocycles. The van der Waals surface area contributed by atoms with Crippen LogP contribution in [0.4, 0.5) is 28.7 Å². The molecule has 0 aliphatic heterocycles. The van der Waals surface area contributed by atoms with E-state index in [-0.39, 0.29) is 0 Å². The molecule has 30 heavy (non-hydrogen) atoms. The highest BCUT2D eigenvalue weighted by molar-refractivity contribution is 6.31. The summed E-state index contributed by atoms with van der Waals surface area (Å²) >= 11 is 6.15. The Morgan fingerprint density at radius 1 is 1.07 bits per heavy atom. The van der Waals surface area contributed by atoms with E-state index < -0.39 is 0 Å². The molecule has 0 fully saturated rings. The number of nitrogen functional groups attached to an aromatic ring is 1. The number of halogens is 1. The largest absolute Gasteiger partial charge is 0.495 e. The second kappa shape index (κ2) is 8.47. The summed E-state index contributed by atoms with van der Waals surface area (Å²) in [7, 11) is 1.60. The van der Waals surface area contributed by atoms with Crippen LogP contribution in [-0.4, -0.2) is 23.6 Å². The molecule has 3 N–H and O–H groups in total. The van der Waals surface area contributed by atoms with Crippen molar-refractivity contribution in [1.29, 1.82) is 0 Å². The number of nitrogens with zero attached hydrogens (tertiary/aromatic N) is 3. The van der Waals surface area contributed by atoms with E-state index in [4.69, 9.17) is 22.1 Å². The standard InChI is InChI=1S/C23H22ClN5O/c1-3-29(19-10-6-8-15-7-4-5-9-17(15)19)23-21(25)22(26-14-27-23)28-18-13-16(24)11-12-20(18)30-2/h4-14H,3,25H2,1-2H3,(H,26,27,28). The fourth-order valence-corrected chi connectivity index (χ4v) is 3.66. The fourth-order valence-electron chi connectivity index (χ4n) is 3.48. The van der Waals surface area contributed by atoms with Gasteiger partial charge in [0.15, 0.2) is 11.6 Å². The summed E-state index contributed by atoms with van der Waals surface area (Å²) in [6, 6.07) is 19.8. The lowest BCUT2D eigenvalue weighted by Gasteiger charge is -2.25. The number of methoxy groups -OCH3 is 1. The number of hydrogen-bond acceptors (Lipinski definition) is 6. The molecule has 0 amide bonds. The van der Waals surface area contributed by atoms with E-state index in [1.807, 2.05) is 18.2 Å². The summed E-state index contributed by atoms with van der Waals surface area (Å²) in [5, 5.41) is 6.10. The van der Waals surface area contributed by atoms with Gasteiger partial charge in [-0.15, -0.1) is 0 Å². The highest BCUT2D eigenvalue weighted by atomic mass is 35.5. The van der Waals surface area contributed by atoms with Crippen LogP contribution in [0, 0.1) is 0 Å². The Kier molecular flexibility index (Phi) is 5.59. The molecule has 0 radical (unpaired) electrons. The molecule has 4 rings (SSSR count). The molecular weight excluding hydrogens is 398 g/mol. The van der Waals surface area contributed by atoms with Crippen LogP contribution in [0.2, 0.25) is 5.02 Å². The quantitative estimate of drug-likeness (QED) is 0.412. The molecule has 0 aliphatic rings. The first-order valence-electron chi connectivity index (χ1n) is 9.58. The molecule has 1 aromatic heterocycles. The van der Waals surface area contributed by atoms with Crippen molar-refractivity contribution in [2.75, 3.05) is 29.6 Å². The van der Waals surface area contributed by atoms with E-state index >= 15 is 0 Å². The van der Waals surface area contributed by atoms with E-state index in [1.54, 1.807) is 25.3 Å². The Morgan fingerprint density at radius 3 is 2.67 bits per heavy atom. The smallest absolute Gasteiger partial charge is 0.161 e. The second-order valence-electron chi connectivity index (χ2n) is 6.67. The molecule has 152 valence electrons. The van der Waals surface area contributed by atoms with Gasteiger partial charge in [0.25, 0.3) is 0 Å². The molecule has 0 bridgehead atoms. The lowest BCUT2D eigenvalue weighted by atomic mass is 10.1. The van der Waals surface area contributed by atoms with Crippen LogP contribution in [0.3, 0.4) is 0 Å². The number of nitrogens with one attached hydrogen (secondary N) is 1. The topological polar surface area (TPSA) is 76.3 Å². The average Bonchev–Trinajstić information content (AvgIpc) is 2.77. The molecule has 6 nitrogen and oxygen atoms in total. The van der Waals surface area contributed by atoms with E-state index in [2.05, 4.69) is 51.4 Å². The van der Waals surface area contributed by atoms with Crippen molar-refractivity contribution in [2.24, 2.45) is 0 Å². The molecule has 0 spiro atoms. The number of ether oxygens (including phenoxy) is 1. The van der Waals surface area contributed by atoms with E-state index in [0.29, 0.717) is 40.3 Å². The first-order valence-corrected chi connectivity index (χ1v) is 9.96. The van der Waals surface area contributed by atoms with Crippen molar-refractivity contribution >= 4 is 51.1 Å². The van der Waals surface area contributed by atoms with Gasteiger partial charge in [-0.2, -0.15) is 0 Å². The van der Waals surface area contributed by atoms with Gasteiger partial charge in [0.1, 0.15) is 17.8 Å². The summed E-state index contributed by atoms with van der Waals surface area (Å²) in [6.45, 7) is 2.76. The number of benzene rings is 3. The molecule has 0 saturated heterocycles. The van der Waals surface area contributed by atoms with Gasteiger partial charge in [0.05, 0.1) is 18.5 Å². The first kappa shape index (κ1) is 19.8. The summed E-state index contributed by atoms with van der Waals surface area (Å²) in [4.78, 5) is 10.9. The third-order valence-corrected chi connectivity index (χ3v) is 5.14. The zero-order valence-electron chi connectivity index (χ0n) is 16.8. The fraction of sp³-hybridized carbons (Fsp3) is 0.130. The predicted octanol–water partition coefficient (Wildman–Crippen LogP) is 5.78. The van der Waals surface area contributed by atoms with Crippen molar-refractivity contribution in [2.45, 2.75) is 6.92 Å². The van der Waals surface area contributed by atoms with E-state index in [9.17, 15) is 0 Å². The van der Waals surface area contributed by atoms with Crippen LogP contribution in [-0.2, 0) is 0 Å². The molecule has 1 heterocycles. The van der Waals surface area contributed by atoms with Crippen LogP contribution >= 0.6 is 11.6 Å². The zero-order valence-corrected chi connectivity index (χ0v) is 17.5. The van der Waals surface area contributed by atoms with Gasteiger partial charge in [-0.3, -0.25) is 0 Å². The maximum Gasteiger partial charge on any atom is 0.161 e. The lowest BCUT2D eigenvalue weighted by molar-refractivity contribution is 0.417. The number of rotatable bonds is 6. The molecule has 3 aromatic carbocycles. The Balaban J connectivity index is 1.78. The second-order valence-corrected chi connectivity index (χ2v) is 7.11. The van der Waals surface area contributed by atoms with Crippen LogP contribution < -0.4 is 20.7 Å². The Hall–Kier alpha value is -3.51. The van der Waals surface area contributed by atoms with E-state index in [1.165, 1.54) is 6.33 Å². The summed E-state index contributed by atoms with van der Waals surface area (Å²) in [5.41, 5.74) is 8.66. The monoisotopic (exact) mass is 419 g/mol. The highest BCUT2D eigenvalue weighted by Gasteiger charge is 2.18. The van der Waals surface area contributed by atoms with Crippen LogP contribution in [0.1, 0.15) is 6.92 Å². The molecule has 0 aliphatic carbocycles. The third-order valence-electron chi connectivity index (χ3n) is 4.91. The van der Waals surface area contributed by atoms with Crippen LogP contribution in [0.5, 0.6) is 5.75 Å². The van der Waals surface area contributed by atoms with Gasteiger partial charge in [-0.25, -0.2) is 9.97 Å². The predicted molar refractivity (Wildman–Crippen MR) is 124 cm³/mol. The van der Waals surface area contributed by atoms with Crippen LogP contribution in [0.15, 0.2) is 67.0 Å². The van der Waals surface area contributed by atoms with Gasteiger partial charge >= 0.3 is 0 Å². The van der Waals surface area contributed by atoms with Crippen LogP contribution in [0.25, 0.3) is 10.8 Å². The number of fused-ring (bicyclic) bond motifs is 1. The SMILES string of the molecule is CCN(c1ncnc(Nc2cc(Cl)ccc2OC)c1N)c1cccc2ccccc12. The zero-order chi connectivity index (χ0) is 21.1. The molecular formula is C23H22ClN5O. The summed E-state index contributed by atoms with van der Waals surface area (Å²) in [5.74, 6) is 1.76. The average molecular weight is 420 g/mol. The number of nitrogens with two attached hydrogens (primary N) is 1. The van der Waals surface area contributed by atoms with Gasteiger partial charge in [0, 0.05) is 17.0 Å². The maximum absolute atomic E-state index is 6.52. The maximum atomic E-state index is 6.52. The normalized spacial score (nSPS) is 10.8. The van der Waals surface area contributed by atoms with Crippen molar-refractivity contribution < 1.29 is 4.74 Å². The van der Waals surface area contributed by atoms with Gasteiger partial charge in [0.2, 0.25) is 0 Å². The minimum Gasteiger partial charge on any atom is -0.495 e. The van der Waals surface area contributed by atoms with Gasteiger partial charge < -0.3 is 20.7 Å². The Bertz CT molecular complexity index is 1190. The third kappa shape index (κ3) is 3.69. The van der Waals surface area contributed by atoms with Crippen molar-refractivity contribution in [3.63, 3.8) is 0 Å². The first-order chi connectivity index (χ1) is 14.6. The molecule has 0 atom stereocenters. The number of aromatic nitrogens is 2. The summed E-state index contributed by atoms with van der Waals surface area (Å²) < 4.78 is 5.41. The van der Waals surface area contributed by atoms with E-state index in [0.717, 1.165) is 16.5 Å². The minimum atomic E-state index is 0.439. The molecule has 4 aromatic rings. The minimum absolute atomic E-state index is 0.439.